The number of hydrogen-bond acceptors (Lipinski definition) is 6. The lowest BCUT2D eigenvalue weighted by atomic mass is 10.1. The van der Waals surface area contributed by atoms with Crippen LogP contribution < -0.4 is 5.73 Å². The summed E-state index contributed by atoms with van der Waals surface area (Å²) in [5.41, 5.74) is 4.81. The predicted molar refractivity (Wildman–Crippen MR) is 93.6 cm³/mol. The van der Waals surface area contributed by atoms with Gasteiger partial charge in [0, 0.05) is 11.6 Å². The Bertz CT molecular complexity index is 947. The van der Waals surface area contributed by atoms with Crippen LogP contribution in [0.2, 0.25) is 0 Å². The van der Waals surface area contributed by atoms with Gasteiger partial charge in [-0.1, -0.05) is 23.4 Å². The maximum Gasteiger partial charge on any atom is 0.417 e. The standard InChI is InChI=1S/C19H19F3N4O2/c20-19(21,22)15-4-2-1-3-14(15)16-8-7-13(27-16)10-26(12-5-6-12)11-17-24-18(9-23)28-25-17/h1-4,7-8,12H,5-6,9-11,23H2. The molecule has 148 valence electrons. The van der Waals surface area contributed by atoms with Gasteiger partial charge in [-0.15, -0.1) is 0 Å². The monoisotopic (exact) mass is 392 g/mol. The number of halogens is 3. The normalized spacial score (nSPS) is 14.8. The summed E-state index contributed by atoms with van der Waals surface area (Å²) in [5.74, 6) is 1.68. The molecule has 1 aliphatic carbocycles. The molecular weight excluding hydrogens is 373 g/mol. The largest absolute Gasteiger partial charge is 0.460 e. The highest BCUT2D eigenvalue weighted by Crippen LogP contribution is 2.38. The molecule has 0 bridgehead atoms. The second kappa shape index (κ2) is 7.40. The van der Waals surface area contributed by atoms with Crippen LogP contribution >= 0.6 is 0 Å². The lowest BCUT2D eigenvalue weighted by molar-refractivity contribution is -0.137. The number of hydrogen-bond donors (Lipinski definition) is 1. The van der Waals surface area contributed by atoms with E-state index < -0.39 is 11.7 Å². The molecule has 0 aliphatic heterocycles. The number of aromatic nitrogens is 2. The van der Waals surface area contributed by atoms with E-state index in [0.29, 0.717) is 36.6 Å². The molecule has 6 nitrogen and oxygen atoms in total. The molecule has 0 unspecified atom stereocenters. The van der Waals surface area contributed by atoms with E-state index in [4.69, 9.17) is 14.7 Å². The van der Waals surface area contributed by atoms with Crippen LogP contribution in [0.25, 0.3) is 11.3 Å². The van der Waals surface area contributed by atoms with Crippen molar-refractivity contribution >= 4 is 0 Å². The number of alkyl halides is 3. The Morgan fingerprint density at radius 1 is 1.11 bits per heavy atom. The Morgan fingerprint density at radius 2 is 1.89 bits per heavy atom. The molecule has 0 saturated heterocycles. The van der Waals surface area contributed by atoms with Crippen molar-refractivity contribution in [3.63, 3.8) is 0 Å². The highest BCUT2D eigenvalue weighted by molar-refractivity contribution is 5.63. The van der Waals surface area contributed by atoms with E-state index in [9.17, 15) is 13.2 Å². The molecule has 0 amide bonds. The SMILES string of the molecule is NCc1nc(CN(Cc2ccc(-c3ccccc3C(F)(F)F)o2)C2CC2)no1. The summed E-state index contributed by atoms with van der Waals surface area (Å²) in [4.78, 5) is 6.34. The van der Waals surface area contributed by atoms with E-state index in [1.807, 2.05) is 0 Å². The fourth-order valence-corrected chi connectivity index (χ4v) is 3.13. The molecule has 4 rings (SSSR count). The first-order chi connectivity index (χ1) is 13.4. The number of furan rings is 1. The molecule has 2 N–H and O–H groups in total. The Hall–Kier alpha value is -2.65. The van der Waals surface area contributed by atoms with Crippen LogP contribution in [-0.2, 0) is 25.8 Å². The fourth-order valence-electron chi connectivity index (χ4n) is 3.13. The Balaban J connectivity index is 1.52. The van der Waals surface area contributed by atoms with Crippen molar-refractivity contribution in [2.45, 2.75) is 44.7 Å². The summed E-state index contributed by atoms with van der Waals surface area (Å²) in [6.45, 7) is 1.09. The minimum Gasteiger partial charge on any atom is -0.460 e. The summed E-state index contributed by atoms with van der Waals surface area (Å²) in [6.07, 6.45) is -2.35. The summed E-state index contributed by atoms with van der Waals surface area (Å²) >= 11 is 0. The average Bonchev–Trinajstić information content (AvgIpc) is 3.25. The zero-order chi connectivity index (χ0) is 19.7. The highest BCUT2D eigenvalue weighted by Gasteiger charge is 2.34. The first kappa shape index (κ1) is 18.7. The quantitative estimate of drug-likeness (QED) is 0.655. The molecule has 0 radical (unpaired) electrons. The fraction of sp³-hybridized carbons (Fsp3) is 0.368. The van der Waals surface area contributed by atoms with Gasteiger partial charge in [0.15, 0.2) is 5.82 Å². The van der Waals surface area contributed by atoms with Crippen LogP contribution in [0.15, 0.2) is 45.3 Å². The molecule has 2 aromatic heterocycles. The molecule has 9 heteroatoms. The van der Waals surface area contributed by atoms with Crippen LogP contribution in [0.3, 0.4) is 0 Å². The molecule has 3 aromatic rings. The predicted octanol–water partition coefficient (Wildman–Crippen LogP) is 3.97. The second-order valence-electron chi connectivity index (χ2n) is 6.75. The van der Waals surface area contributed by atoms with Crippen LogP contribution in [0.1, 0.15) is 35.9 Å². The lowest BCUT2D eigenvalue weighted by Gasteiger charge is -2.18. The van der Waals surface area contributed by atoms with Gasteiger partial charge >= 0.3 is 6.18 Å². The molecule has 1 aliphatic rings. The summed E-state index contributed by atoms with van der Waals surface area (Å²) in [7, 11) is 0. The second-order valence-corrected chi connectivity index (χ2v) is 6.75. The summed E-state index contributed by atoms with van der Waals surface area (Å²) < 4.78 is 50.6. The van der Waals surface area contributed by atoms with Crippen molar-refractivity contribution in [2.75, 3.05) is 0 Å². The van der Waals surface area contributed by atoms with E-state index in [0.717, 1.165) is 18.9 Å². The third kappa shape index (κ3) is 4.10. The van der Waals surface area contributed by atoms with Crippen molar-refractivity contribution in [2.24, 2.45) is 5.73 Å². The van der Waals surface area contributed by atoms with Gasteiger partial charge in [-0.3, -0.25) is 4.90 Å². The van der Waals surface area contributed by atoms with Crippen LogP contribution in [0.4, 0.5) is 13.2 Å². The minimum absolute atomic E-state index is 0.0324. The third-order valence-electron chi connectivity index (χ3n) is 4.61. The van der Waals surface area contributed by atoms with Gasteiger partial charge in [-0.05, 0) is 31.0 Å². The van der Waals surface area contributed by atoms with Gasteiger partial charge < -0.3 is 14.7 Å². The zero-order valence-electron chi connectivity index (χ0n) is 14.9. The first-order valence-corrected chi connectivity index (χ1v) is 8.95. The van der Waals surface area contributed by atoms with E-state index in [2.05, 4.69) is 15.0 Å². The zero-order valence-corrected chi connectivity index (χ0v) is 14.9. The van der Waals surface area contributed by atoms with E-state index in [1.165, 1.54) is 12.1 Å². The third-order valence-corrected chi connectivity index (χ3v) is 4.61. The highest BCUT2D eigenvalue weighted by atomic mass is 19.4. The minimum atomic E-state index is -4.44. The first-order valence-electron chi connectivity index (χ1n) is 8.95. The molecule has 28 heavy (non-hydrogen) atoms. The van der Waals surface area contributed by atoms with Gasteiger partial charge in [0.2, 0.25) is 5.89 Å². The van der Waals surface area contributed by atoms with Crippen molar-refractivity contribution < 1.29 is 22.1 Å². The van der Waals surface area contributed by atoms with Gasteiger partial charge in [0.1, 0.15) is 11.5 Å². The van der Waals surface area contributed by atoms with E-state index in [-0.39, 0.29) is 17.9 Å². The number of benzene rings is 1. The van der Waals surface area contributed by atoms with Crippen molar-refractivity contribution in [1.82, 2.24) is 15.0 Å². The van der Waals surface area contributed by atoms with Gasteiger partial charge in [-0.25, -0.2) is 0 Å². The van der Waals surface area contributed by atoms with Gasteiger partial charge in [0.05, 0.1) is 25.2 Å². The Kier molecular flexibility index (Phi) is 4.94. The average molecular weight is 392 g/mol. The molecule has 2 heterocycles. The lowest BCUT2D eigenvalue weighted by Crippen LogP contribution is -2.25. The molecule has 1 saturated carbocycles. The van der Waals surface area contributed by atoms with Crippen molar-refractivity contribution in [3.8, 4) is 11.3 Å². The summed E-state index contributed by atoms with van der Waals surface area (Å²) in [5, 5.41) is 3.91. The van der Waals surface area contributed by atoms with E-state index >= 15 is 0 Å². The molecule has 1 aromatic carbocycles. The van der Waals surface area contributed by atoms with Crippen LogP contribution in [0.5, 0.6) is 0 Å². The molecule has 0 spiro atoms. The summed E-state index contributed by atoms with van der Waals surface area (Å²) in [6, 6.07) is 9.05. The smallest absolute Gasteiger partial charge is 0.417 e. The van der Waals surface area contributed by atoms with Crippen LogP contribution in [-0.4, -0.2) is 21.1 Å². The van der Waals surface area contributed by atoms with E-state index in [1.54, 1.807) is 18.2 Å². The molecular formula is C19H19F3N4O2. The maximum atomic E-state index is 13.3. The van der Waals surface area contributed by atoms with Gasteiger partial charge in [-0.2, -0.15) is 18.2 Å². The molecule has 0 atom stereocenters. The maximum absolute atomic E-state index is 13.3. The Labute approximate surface area is 159 Å². The number of rotatable bonds is 7. The molecule has 1 fully saturated rings. The van der Waals surface area contributed by atoms with Crippen LogP contribution in [0, 0.1) is 0 Å². The number of nitrogens with zero attached hydrogens (tertiary/aromatic N) is 3. The van der Waals surface area contributed by atoms with Crippen molar-refractivity contribution in [3.05, 3.63) is 59.4 Å². The topological polar surface area (TPSA) is 81.3 Å². The number of nitrogens with two attached hydrogens (primary N) is 1. The van der Waals surface area contributed by atoms with Crippen molar-refractivity contribution in [1.29, 1.82) is 0 Å². The Morgan fingerprint density at radius 3 is 2.57 bits per heavy atom. The van der Waals surface area contributed by atoms with Gasteiger partial charge in [0.25, 0.3) is 0 Å².